The van der Waals surface area contributed by atoms with Crippen molar-refractivity contribution in [2.45, 2.75) is 85.7 Å². The summed E-state index contributed by atoms with van der Waals surface area (Å²) in [6.45, 7) is 19.7. The Bertz CT molecular complexity index is 333. The highest BCUT2D eigenvalue weighted by Gasteiger charge is 2.30. The van der Waals surface area contributed by atoms with Crippen molar-refractivity contribution < 1.29 is 0 Å². The topological polar surface area (TPSA) is 6.48 Å². The van der Waals surface area contributed by atoms with Crippen LogP contribution in [0.1, 0.15) is 73.6 Å². The van der Waals surface area contributed by atoms with Crippen LogP contribution in [0.5, 0.6) is 0 Å². The molecule has 0 amide bonds. The molecule has 0 bridgehead atoms. The van der Waals surface area contributed by atoms with Gasteiger partial charge in [0.05, 0.1) is 0 Å². The van der Waals surface area contributed by atoms with E-state index in [4.69, 9.17) is 0 Å². The van der Waals surface area contributed by atoms with E-state index in [0.29, 0.717) is 0 Å². The van der Waals surface area contributed by atoms with Gasteiger partial charge in [-0.1, -0.05) is 20.8 Å². The van der Waals surface area contributed by atoms with E-state index < -0.39 is 0 Å². The molecular formula is C21H42N2. The molecule has 2 heteroatoms. The lowest BCUT2D eigenvalue weighted by molar-refractivity contribution is 0.0523. The minimum absolute atomic E-state index is 0.746. The summed E-state index contributed by atoms with van der Waals surface area (Å²) in [7, 11) is 0. The Morgan fingerprint density at radius 2 is 1.43 bits per heavy atom. The van der Waals surface area contributed by atoms with Crippen LogP contribution in [0.15, 0.2) is 0 Å². The number of rotatable bonds is 9. The largest absolute Gasteiger partial charge is 0.300 e. The molecule has 2 aliphatic heterocycles. The molecule has 2 aliphatic rings. The normalized spacial score (nSPS) is 26.9. The first-order chi connectivity index (χ1) is 10.8. The summed E-state index contributed by atoms with van der Waals surface area (Å²) < 4.78 is 0. The summed E-state index contributed by atoms with van der Waals surface area (Å²) in [4.78, 5) is 5.38. The van der Waals surface area contributed by atoms with Crippen LogP contribution in [0.4, 0.5) is 0 Å². The zero-order valence-corrected chi connectivity index (χ0v) is 16.7. The SMILES string of the molecule is CC(C)CC1CCN(C(C)CCC(C)CC2CN(C(C)C)C2)C1. The van der Waals surface area contributed by atoms with Crippen LogP contribution in [0.2, 0.25) is 0 Å². The molecular weight excluding hydrogens is 280 g/mol. The van der Waals surface area contributed by atoms with Crippen molar-refractivity contribution in [2.24, 2.45) is 23.7 Å². The van der Waals surface area contributed by atoms with Gasteiger partial charge in [-0.3, -0.25) is 0 Å². The molecule has 2 saturated heterocycles. The molecule has 0 radical (unpaired) electrons. The number of nitrogens with zero attached hydrogens (tertiary/aromatic N) is 2. The molecule has 0 N–H and O–H groups in total. The Labute approximate surface area is 146 Å². The van der Waals surface area contributed by atoms with E-state index in [1.165, 1.54) is 58.3 Å². The van der Waals surface area contributed by atoms with Gasteiger partial charge in [0, 0.05) is 31.7 Å². The van der Waals surface area contributed by atoms with Crippen molar-refractivity contribution in [2.75, 3.05) is 26.2 Å². The second-order valence-corrected chi connectivity index (χ2v) is 9.46. The van der Waals surface area contributed by atoms with E-state index in [1.807, 2.05) is 0 Å². The van der Waals surface area contributed by atoms with Crippen LogP contribution in [0.25, 0.3) is 0 Å². The number of hydrogen-bond donors (Lipinski definition) is 0. The molecule has 3 unspecified atom stereocenters. The van der Waals surface area contributed by atoms with Crippen molar-refractivity contribution in [1.29, 1.82) is 0 Å². The maximum absolute atomic E-state index is 2.77. The summed E-state index contributed by atoms with van der Waals surface area (Å²) in [6, 6.07) is 1.54. The van der Waals surface area contributed by atoms with Crippen molar-refractivity contribution in [3.05, 3.63) is 0 Å². The lowest BCUT2D eigenvalue weighted by Gasteiger charge is -2.43. The highest BCUT2D eigenvalue weighted by Crippen LogP contribution is 2.29. The second kappa shape index (κ2) is 8.85. The fourth-order valence-corrected chi connectivity index (χ4v) is 4.70. The smallest absolute Gasteiger partial charge is 0.00671 e. The third-order valence-electron chi connectivity index (χ3n) is 6.27. The molecule has 0 aromatic rings. The van der Waals surface area contributed by atoms with Gasteiger partial charge >= 0.3 is 0 Å². The van der Waals surface area contributed by atoms with Crippen LogP contribution in [0.3, 0.4) is 0 Å². The number of hydrogen-bond acceptors (Lipinski definition) is 2. The van der Waals surface area contributed by atoms with Crippen LogP contribution < -0.4 is 0 Å². The summed E-state index contributed by atoms with van der Waals surface area (Å²) >= 11 is 0. The monoisotopic (exact) mass is 322 g/mol. The summed E-state index contributed by atoms with van der Waals surface area (Å²) in [5.41, 5.74) is 0. The van der Waals surface area contributed by atoms with Crippen molar-refractivity contribution in [3.8, 4) is 0 Å². The molecule has 0 aromatic heterocycles. The van der Waals surface area contributed by atoms with E-state index in [2.05, 4.69) is 51.3 Å². The van der Waals surface area contributed by atoms with Gasteiger partial charge in [-0.15, -0.1) is 0 Å². The van der Waals surface area contributed by atoms with Gasteiger partial charge in [-0.2, -0.15) is 0 Å². The Morgan fingerprint density at radius 3 is 2.04 bits per heavy atom. The lowest BCUT2D eigenvalue weighted by atomic mass is 9.86. The average Bonchev–Trinajstić information content (AvgIpc) is 2.86. The van der Waals surface area contributed by atoms with Crippen molar-refractivity contribution in [3.63, 3.8) is 0 Å². The predicted molar refractivity (Wildman–Crippen MR) is 102 cm³/mol. The van der Waals surface area contributed by atoms with E-state index in [-0.39, 0.29) is 0 Å². The molecule has 0 saturated carbocycles. The highest BCUT2D eigenvalue weighted by atomic mass is 15.2. The van der Waals surface area contributed by atoms with E-state index in [0.717, 1.165) is 35.8 Å². The van der Waals surface area contributed by atoms with Crippen molar-refractivity contribution >= 4 is 0 Å². The maximum atomic E-state index is 2.77. The summed E-state index contributed by atoms with van der Waals surface area (Å²) in [5, 5.41) is 0. The van der Waals surface area contributed by atoms with Crippen LogP contribution in [-0.4, -0.2) is 48.1 Å². The molecule has 23 heavy (non-hydrogen) atoms. The second-order valence-electron chi connectivity index (χ2n) is 9.46. The third-order valence-corrected chi connectivity index (χ3v) is 6.27. The molecule has 0 aromatic carbocycles. The highest BCUT2D eigenvalue weighted by molar-refractivity contribution is 4.84. The summed E-state index contributed by atoms with van der Waals surface area (Å²) in [6.07, 6.45) is 7.13. The third kappa shape index (κ3) is 6.05. The fraction of sp³-hybridized carbons (Fsp3) is 1.00. The van der Waals surface area contributed by atoms with E-state index in [1.54, 1.807) is 0 Å². The maximum Gasteiger partial charge on any atom is 0.00671 e. The average molecular weight is 323 g/mol. The van der Waals surface area contributed by atoms with Crippen LogP contribution in [0, 0.1) is 23.7 Å². The van der Waals surface area contributed by atoms with E-state index in [9.17, 15) is 0 Å². The molecule has 2 nitrogen and oxygen atoms in total. The lowest BCUT2D eigenvalue weighted by Crippen LogP contribution is -2.50. The van der Waals surface area contributed by atoms with Crippen LogP contribution in [-0.2, 0) is 0 Å². The van der Waals surface area contributed by atoms with Gasteiger partial charge in [0.25, 0.3) is 0 Å². The van der Waals surface area contributed by atoms with Gasteiger partial charge in [0.15, 0.2) is 0 Å². The van der Waals surface area contributed by atoms with Gasteiger partial charge in [0.2, 0.25) is 0 Å². The first-order valence-electron chi connectivity index (χ1n) is 10.3. The van der Waals surface area contributed by atoms with Gasteiger partial charge < -0.3 is 9.80 Å². The molecule has 2 fully saturated rings. The summed E-state index contributed by atoms with van der Waals surface area (Å²) in [5.74, 6) is 3.71. The minimum atomic E-state index is 0.746. The molecule has 136 valence electrons. The predicted octanol–water partition coefficient (Wildman–Crippen LogP) is 4.89. The fourth-order valence-electron chi connectivity index (χ4n) is 4.70. The van der Waals surface area contributed by atoms with Crippen molar-refractivity contribution in [1.82, 2.24) is 9.80 Å². The Balaban J connectivity index is 1.58. The zero-order valence-electron chi connectivity index (χ0n) is 16.7. The van der Waals surface area contributed by atoms with Crippen LogP contribution >= 0.6 is 0 Å². The van der Waals surface area contributed by atoms with E-state index >= 15 is 0 Å². The van der Waals surface area contributed by atoms with Gasteiger partial charge in [0.1, 0.15) is 0 Å². The molecule has 2 rings (SSSR count). The van der Waals surface area contributed by atoms with Gasteiger partial charge in [-0.25, -0.2) is 0 Å². The molecule has 2 heterocycles. The minimum Gasteiger partial charge on any atom is -0.300 e. The Morgan fingerprint density at radius 1 is 0.783 bits per heavy atom. The Hall–Kier alpha value is -0.0800. The molecule has 0 spiro atoms. The quantitative estimate of drug-likeness (QED) is 0.596. The first kappa shape index (κ1) is 19.2. The molecule has 0 aliphatic carbocycles. The first-order valence-corrected chi connectivity index (χ1v) is 10.3. The Kier molecular flexibility index (Phi) is 7.41. The zero-order chi connectivity index (χ0) is 17.0. The standard InChI is InChI=1S/C21H42N2/c1-16(2)11-20-9-10-22(13-20)19(6)8-7-18(5)12-21-14-23(15-21)17(3)4/h16-21H,7-15H2,1-6H3. The molecule has 3 atom stereocenters. The number of likely N-dealkylation sites (tertiary alicyclic amines) is 2. The van der Waals surface area contributed by atoms with Gasteiger partial charge in [-0.05, 0) is 83.1 Å².